The summed E-state index contributed by atoms with van der Waals surface area (Å²) >= 11 is 7.42. The minimum atomic E-state index is -1.33. The van der Waals surface area contributed by atoms with Gasteiger partial charge in [-0.25, -0.2) is 4.79 Å². The number of anilines is 2. The number of nitrogens with zero attached hydrogens (tertiary/aromatic N) is 1. The molecule has 2 amide bonds. The predicted molar refractivity (Wildman–Crippen MR) is 122 cm³/mol. The molecule has 3 aromatic rings. The number of amides is 2. The first-order chi connectivity index (χ1) is 15.3. The van der Waals surface area contributed by atoms with E-state index in [0.29, 0.717) is 43.7 Å². The molecule has 32 heavy (non-hydrogen) atoms. The first-order valence-corrected chi connectivity index (χ1v) is 10.9. The Morgan fingerprint density at radius 2 is 1.94 bits per heavy atom. The topological polar surface area (TPSA) is 95.9 Å². The van der Waals surface area contributed by atoms with E-state index >= 15 is 0 Å². The molecule has 0 radical (unpaired) electrons. The number of hydrogen-bond donors (Lipinski definition) is 2. The minimum absolute atomic E-state index is 0.0488. The summed E-state index contributed by atoms with van der Waals surface area (Å²) in [5.41, 5.74) is 1.14. The number of halogens is 1. The molecule has 9 heteroatoms. The van der Waals surface area contributed by atoms with E-state index < -0.39 is 11.4 Å². The second-order valence-corrected chi connectivity index (χ2v) is 9.10. The maximum Gasteiger partial charge on any atom is 0.346 e. The molecule has 2 aliphatic heterocycles. The number of carboxylic acids is 1. The number of benzene rings is 2. The smallest absolute Gasteiger partial charge is 0.346 e. The average Bonchev–Trinajstić information content (AvgIpc) is 3.25. The zero-order valence-corrected chi connectivity index (χ0v) is 18.6. The quantitative estimate of drug-likeness (QED) is 0.594. The largest absolute Gasteiger partial charge is 0.497 e. The molecule has 2 N–H and O–H groups in total. The summed E-state index contributed by atoms with van der Waals surface area (Å²) in [6.45, 7) is 0. The molecule has 162 valence electrons. The molecule has 0 bridgehead atoms. The van der Waals surface area contributed by atoms with Crippen molar-refractivity contribution in [1.82, 2.24) is 0 Å². The van der Waals surface area contributed by atoms with Crippen molar-refractivity contribution in [3.8, 4) is 16.9 Å². The Kier molecular flexibility index (Phi) is 4.54. The molecule has 0 unspecified atom stereocenters. The highest BCUT2D eigenvalue weighted by Crippen LogP contribution is 2.58. The molecule has 0 saturated heterocycles. The number of rotatable bonds is 3. The van der Waals surface area contributed by atoms with Gasteiger partial charge in [-0.3, -0.25) is 9.59 Å². The number of carboxylic acid groups (broad SMARTS) is 1. The molecule has 2 aliphatic rings. The summed E-state index contributed by atoms with van der Waals surface area (Å²) in [7, 11) is 3.16. The van der Waals surface area contributed by atoms with Crippen molar-refractivity contribution in [3.63, 3.8) is 0 Å². The number of hydrogen-bond acceptors (Lipinski definition) is 5. The van der Waals surface area contributed by atoms with Crippen molar-refractivity contribution in [2.45, 2.75) is 11.8 Å². The summed E-state index contributed by atoms with van der Waals surface area (Å²) < 4.78 is 5.20. The Morgan fingerprint density at radius 1 is 1.22 bits per heavy atom. The first-order valence-electron chi connectivity index (χ1n) is 9.71. The highest BCUT2D eigenvalue weighted by atomic mass is 35.5. The lowest BCUT2D eigenvalue weighted by Crippen LogP contribution is -2.45. The molecule has 7 nitrogen and oxygen atoms in total. The van der Waals surface area contributed by atoms with Crippen molar-refractivity contribution in [1.29, 1.82) is 0 Å². The number of aromatic carboxylic acids is 1. The summed E-state index contributed by atoms with van der Waals surface area (Å²) in [5.74, 6) is -1.19. The van der Waals surface area contributed by atoms with Crippen LogP contribution < -0.4 is 15.0 Å². The maximum atomic E-state index is 13.6. The number of nitrogens with one attached hydrogen (secondary N) is 1. The van der Waals surface area contributed by atoms with E-state index in [4.69, 9.17) is 16.3 Å². The lowest BCUT2D eigenvalue weighted by atomic mass is 9.74. The fourth-order valence-electron chi connectivity index (χ4n) is 4.63. The van der Waals surface area contributed by atoms with Gasteiger partial charge in [0.05, 0.1) is 34.8 Å². The fraction of sp³-hybridized carbons (Fsp3) is 0.174. The molecule has 0 saturated carbocycles. The molecule has 5 rings (SSSR count). The van der Waals surface area contributed by atoms with Gasteiger partial charge in [0.15, 0.2) is 0 Å². The summed E-state index contributed by atoms with van der Waals surface area (Å²) in [6, 6.07) is 12.1. The van der Waals surface area contributed by atoms with Crippen LogP contribution in [0.1, 0.15) is 26.5 Å². The Labute approximate surface area is 192 Å². The SMILES string of the molecule is COc1ccc(-c2c(C(=O)O)sc3c2NC(=O)C[C@]32C(=O)N(C)c3c(Cl)cccc32)cc1. The van der Waals surface area contributed by atoms with Crippen molar-refractivity contribution >= 4 is 52.1 Å². The van der Waals surface area contributed by atoms with Crippen LogP contribution in [0.25, 0.3) is 11.1 Å². The lowest BCUT2D eigenvalue weighted by molar-refractivity contribution is -0.126. The number of likely N-dealkylation sites (N-methyl/N-ethyl adjacent to an activating group) is 1. The van der Waals surface area contributed by atoms with Crippen LogP contribution in [-0.2, 0) is 15.0 Å². The number of fused-ring (bicyclic) bond motifs is 4. The molecule has 1 atom stereocenters. The van der Waals surface area contributed by atoms with Crippen LogP contribution in [0.4, 0.5) is 11.4 Å². The Bertz CT molecular complexity index is 1320. The molecular weight excluding hydrogens is 452 g/mol. The van der Waals surface area contributed by atoms with Gasteiger partial charge in [0.1, 0.15) is 16.0 Å². The van der Waals surface area contributed by atoms with E-state index in [2.05, 4.69) is 5.32 Å². The van der Waals surface area contributed by atoms with Gasteiger partial charge >= 0.3 is 5.97 Å². The maximum absolute atomic E-state index is 13.6. The summed E-state index contributed by atoms with van der Waals surface area (Å²) in [4.78, 5) is 40.8. The highest BCUT2D eigenvalue weighted by molar-refractivity contribution is 7.15. The zero-order chi connectivity index (χ0) is 22.8. The first kappa shape index (κ1) is 20.5. The number of thiophene rings is 1. The van der Waals surface area contributed by atoms with Crippen molar-refractivity contribution < 1.29 is 24.2 Å². The van der Waals surface area contributed by atoms with E-state index in [1.807, 2.05) is 0 Å². The van der Waals surface area contributed by atoms with Crippen molar-refractivity contribution in [2.75, 3.05) is 24.4 Å². The van der Waals surface area contributed by atoms with E-state index in [1.165, 1.54) is 4.90 Å². The third-order valence-corrected chi connectivity index (χ3v) is 7.66. The second kappa shape index (κ2) is 7.08. The van der Waals surface area contributed by atoms with E-state index in [9.17, 15) is 19.5 Å². The Balaban J connectivity index is 1.83. The number of carbonyl (C=O) groups is 3. The molecule has 0 fully saturated rings. The van der Waals surface area contributed by atoms with Gasteiger partial charge in [-0.2, -0.15) is 0 Å². The van der Waals surface area contributed by atoms with Crippen molar-refractivity contribution in [2.24, 2.45) is 0 Å². The van der Waals surface area contributed by atoms with Gasteiger partial charge in [-0.1, -0.05) is 35.9 Å². The lowest BCUT2D eigenvalue weighted by Gasteiger charge is -2.32. The standard InChI is InChI=1S/C23H17ClN2O5S/c1-26-18-13(4-3-5-14(18)24)23(22(26)30)10-15(27)25-17-16(19(21(28)29)32-20(17)23)11-6-8-12(31-2)9-7-11/h3-9H,10H2,1-2H3,(H,25,27)(H,28,29)/t23-/m1/s1. The number of para-hydroxylation sites is 1. The fourth-order valence-corrected chi connectivity index (χ4v) is 6.25. The summed E-state index contributed by atoms with van der Waals surface area (Å²) in [6.07, 6.45) is -0.127. The Morgan fingerprint density at radius 3 is 2.59 bits per heavy atom. The van der Waals surface area contributed by atoms with Gasteiger partial charge in [0.2, 0.25) is 11.8 Å². The molecule has 1 spiro atoms. The minimum Gasteiger partial charge on any atom is -0.497 e. The van der Waals surface area contributed by atoms with E-state index in [0.717, 1.165) is 11.3 Å². The molecule has 0 aliphatic carbocycles. The Hall–Kier alpha value is -3.36. The second-order valence-electron chi connectivity index (χ2n) is 7.67. The normalized spacial score (nSPS) is 19.0. The predicted octanol–water partition coefficient (Wildman–Crippen LogP) is 4.38. The number of methoxy groups -OCH3 is 1. The monoisotopic (exact) mass is 468 g/mol. The van der Waals surface area contributed by atoms with Crippen LogP contribution in [0.3, 0.4) is 0 Å². The highest BCUT2D eigenvalue weighted by Gasteiger charge is 2.57. The van der Waals surface area contributed by atoms with Gasteiger partial charge in [-0.15, -0.1) is 11.3 Å². The number of ether oxygens (including phenoxy) is 1. The zero-order valence-electron chi connectivity index (χ0n) is 17.1. The average molecular weight is 469 g/mol. The van der Waals surface area contributed by atoms with Gasteiger partial charge < -0.3 is 20.1 Å². The third-order valence-electron chi connectivity index (χ3n) is 6.01. The van der Waals surface area contributed by atoms with Crippen LogP contribution in [-0.4, -0.2) is 37.0 Å². The van der Waals surface area contributed by atoms with Crippen LogP contribution in [0.15, 0.2) is 42.5 Å². The number of carbonyl (C=O) groups excluding carboxylic acids is 2. The van der Waals surface area contributed by atoms with Crippen LogP contribution >= 0.6 is 22.9 Å². The molecule has 2 aromatic carbocycles. The van der Waals surface area contributed by atoms with E-state index in [-0.39, 0.29) is 23.1 Å². The van der Waals surface area contributed by atoms with Crippen LogP contribution in [0.5, 0.6) is 5.75 Å². The molecule has 3 heterocycles. The molecular formula is C23H17ClN2O5S. The van der Waals surface area contributed by atoms with E-state index in [1.54, 1.807) is 56.6 Å². The van der Waals surface area contributed by atoms with Crippen LogP contribution in [0, 0.1) is 0 Å². The third kappa shape index (κ3) is 2.63. The van der Waals surface area contributed by atoms with Crippen molar-refractivity contribution in [3.05, 3.63) is 62.8 Å². The summed E-state index contributed by atoms with van der Waals surface area (Å²) in [5, 5.41) is 13.2. The van der Waals surface area contributed by atoms with Crippen LogP contribution in [0.2, 0.25) is 5.02 Å². The van der Waals surface area contributed by atoms with Gasteiger partial charge in [0, 0.05) is 12.6 Å². The van der Waals surface area contributed by atoms with Gasteiger partial charge in [0.25, 0.3) is 0 Å². The van der Waals surface area contributed by atoms with Gasteiger partial charge in [-0.05, 0) is 29.3 Å². The molecule has 1 aromatic heterocycles.